The van der Waals surface area contributed by atoms with Gasteiger partial charge in [-0.15, -0.1) is 11.3 Å². The van der Waals surface area contributed by atoms with Crippen molar-refractivity contribution in [3.05, 3.63) is 63.8 Å². The molecule has 0 aliphatic heterocycles. The van der Waals surface area contributed by atoms with Gasteiger partial charge in [-0.25, -0.2) is 0 Å². The van der Waals surface area contributed by atoms with Gasteiger partial charge in [0, 0.05) is 21.9 Å². The molecule has 0 radical (unpaired) electrons. The van der Waals surface area contributed by atoms with Crippen molar-refractivity contribution in [2.24, 2.45) is 0 Å². The Bertz CT molecular complexity index is 1140. The van der Waals surface area contributed by atoms with Crippen LogP contribution in [0.4, 0.5) is 0 Å². The first kappa shape index (κ1) is 17.8. The second-order valence-electron chi connectivity index (χ2n) is 6.65. The first-order chi connectivity index (χ1) is 13.2. The molecule has 0 atom stereocenters. The third-order valence-corrected chi connectivity index (χ3v) is 5.80. The maximum absolute atomic E-state index is 12.3. The van der Waals surface area contributed by atoms with Crippen LogP contribution in [-0.4, -0.2) is 23.2 Å². The van der Waals surface area contributed by atoms with E-state index >= 15 is 0 Å². The number of hydrogen-bond donors (Lipinski definition) is 3. The molecule has 0 aliphatic carbocycles. The number of H-pyrrole nitrogens is 1. The van der Waals surface area contributed by atoms with E-state index in [-0.39, 0.29) is 11.3 Å². The Hall–Kier alpha value is -2.63. The van der Waals surface area contributed by atoms with Gasteiger partial charge in [-0.2, -0.15) is 0 Å². The summed E-state index contributed by atoms with van der Waals surface area (Å²) < 4.78 is 0.689. The quantitative estimate of drug-likeness (QED) is 0.428. The topological polar surface area (TPSA) is 65.1 Å². The van der Waals surface area contributed by atoms with E-state index in [0.29, 0.717) is 4.70 Å². The van der Waals surface area contributed by atoms with Gasteiger partial charge in [-0.05, 0) is 60.6 Å². The number of nitrogens with one attached hydrogen (secondary N) is 2. The van der Waals surface area contributed by atoms with Crippen molar-refractivity contribution in [2.45, 2.75) is 19.8 Å². The van der Waals surface area contributed by atoms with Gasteiger partial charge in [0.25, 0.3) is 5.56 Å². The number of aromatic hydroxyl groups is 1. The fraction of sp³-hybridized carbons (Fsp3) is 0.227. The van der Waals surface area contributed by atoms with E-state index in [0.717, 1.165) is 53.3 Å². The molecule has 2 heterocycles. The SMILES string of the molecule is CCNCCCc1ccc(-c2c(O)ccc3[nH]c(=O)c4sccc4c23)cc1. The summed E-state index contributed by atoms with van der Waals surface area (Å²) >= 11 is 1.42. The van der Waals surface area contributed by atoms with Gasteiger partial charge in [0.05, 0.1) is 0 Å². The number of aromatic amines is 1. The maximum Gasteiger partial charge on any atom is 0.266 e. The van der Waals surface area contributed by atoms with E-state index in [2.05, 4.69) is 41.5 Å². The molecule has 4 rings (SSSR count). The summed E-state index contributed by atoms with van der Waals surface area (Å²) in [5.74, 6) is 0.224. The highest BCUT2D eigenvalue weighted by Crippen LogP contribution is 2.39. The number of rotatable bonds is 6. The predicted molar refractivity (Wildman–Crippen MR) is 114 cm³/mol. The molecular weight excluding hydrogens is 356 g/mol. The van der Waals surface area contributed by atoms with Crippen LogP contribution in [0.5, 0.6) is 5.75 Å². The van der Waals surface area contributed by atoms with Crippen LogP contribution in [0.2, 0.25) is 0 Å². The molecule has 2 aromatic carbocycles. The second kappa shape index (κ2) is 7.55. The van der Waals surface area contributed by atoms with E-state index in [1.807, 2.05) is 11.4 Å². The molecule has 0 saturated carbocycles. The molecule has 0 bridgehead atoms. The lowest BCUT2D eigenvalue weighted by Crippen LogP contribution is -2.14. The van der Waals surface area contributed by atoms with Gasteiger partial charge in [0.15, 0.2) is 0 Å². The largest absolute Gasteiger partial charge is 0.507 e. The van der Waals surface area contributed by atoms with Crippen molar-refractivity contribution < 1.29 is 5.11 Å². The van der Waals surface area contributed by atoms with Crippen LogP contribution < -0.4 is 10.9 Å². The molecule has 2 aromatic heterocycles. The number of phenolic OH excluding ortho intramolecular Hbond substituents is 1. The summed E-state index contributed by atoms with van der Waals surface area (Å²) in [6, 6.07) is 13.7. The lowest BCUT2D eigenvalue weighted by Gasteiger charge is -2.11. The lowest BCUT2D eigenvalue weighted by molar-refractivity contribution is 0.478. The Balaban J connectivity index is 1.78. The van der Waals surface area contributed by atoms with Crippen molar-refractivity contribution in [3.63, 3.8) is 0 Å². The van der Waals surface area contributed by atoms with E-state index in [1.165, 1.54) is 16.9 Å². The Morgan fingerprint density at radius 2 is 1.93 bits per heavy atom. The van der Waals surface area contributed by atoms with Gasteiger partial charge < -0.3 is 15.4 Å². The lowest BCUT2D eigenvalue weighted by atomic mass is 9.96. The van der Waals surface area contributed by atoms with Crippen LogP contribution in [0.25, 0.3) is 32.1 Å². The zero-order chi connectivity index (χ0) is 18.8. The molecule has 4 nitrogen and oxygen atoms in total. The normalized spacial score (nSPS) is 11.4. The molecule has 0 aliphatic rings. The van der Waals surface area contributed by atoms with E-state index < -0.39 is 0 Å². The predicted octanol–water partition coefficient (Wildman–Crippen LogP) is 4.66. The Morgan fingerprint density at radius 1 is 1.11 bits per heavy atom. The molecule has 138 valence electrons. The van der Waals surface area contributed by atoms with E-state index in [9.17, 15) is 9.90 Å². The third kappa shape index (κ3) is 3.36. The molecule has 3 N–H and O–H groups in total. The molecule has 5 heteroatoms. The number of benzene rings is 2. The molecule has 0 unspecified atom stereocenters. The number of aryl methyl sites for hydroxylation is 1. The highest BCUT2D eigenvalue weighted by molar-refractivity contribution is 7.17. The monoisotopic (exact) mass is 378 g/mol. The van der Waals surface area contributed by atoms with Crippen LogP contribution in [0.3, 0.4) is 0 Å². The average molecular weight is 378 g/mol. The minimum Gasteiger partial charge on any atom is -0.507 e. The van der Waals surface area contributed by atoms with Crippen LogP contribution in [0.1, 0.15) is 18.9 Å². The third-order valence-electron chi connectivity index (χ3n) is 4.88. The summed E-state index contributed by atoms with van der Waals surface area (Å²) in [7, 11) is 0. The minimum atomic E-state index is -0.0832. The first-order valence-electron chi connectivity index (χ1n) is 9.24. The molecule has 0 saturated heterocycles. The number of aromatic nitrogens is 1. The van der Waals surface area contributed by atoms with Gasteiger partial charge in [0.1, 0.15) is 10.4 Å². The van der Waals surface area contributed by atoms with Crippen molar-refractivity contribution >= 4 is 32.3 Å². The Morgan fingerprint density at radius 3 is 2.70 bits per heavy atom. The standard InChI is InChI=1S/C22H22N2O2S/c1-2-23-12-3-4-14-5-7-15(8-6-14)19-18(25)10-9-17-20(19)16-11-13-27-21(16)22(26)24-17/h5-11,13,23,25H,2-4,12H2,1H3,(H,24,26). The van der Waals surface area contributed by atoms with Gasteiger partial charge in [0.2, 0.25) is 0 Å². The van der Waals surface area contributed by atoms with E-state index in [4.69, 9.17) is 0 Å². The van der Waals surface area contributed by atoms with Crippen LogP contribution in [0.15, 0.2) is 52.6 Å². The van der Waals surface area contributed by atoms with Crippen LogP contribution >= 0.6 is 11.3 Å². The van der Waals surface area contributed by atoms with Gasteiger partial charge >= 0.3 is 0 Å². The Kier molecular flexibility index (Phi) is 4.97. The molecule has 0 spiro atoms. The second-order valence-corrected chi connectivity index (χ2v) is 7.57. The summed E-state index contributed by atoms with van der Waals surface area (Å²) in [4.78, 5) is 15.2. The molecule has 27 heavy (non-hydrogen) atoms. The van der Waals surface area contributed by atoms with Crippen molar-refractivity contribution in [1.82, 2.24) is 10.3 Å². The number of pyridine rings is 1. The van der Waals surface area contributed by atoms with Gasteiger partial charge in [-0.1, -0.05) is 31.2 Å². The molecule has 4 aromatic rings. The van der Waals surface area contributed by atoms with E-state index in [1.54, 1.807) is 12.1 Å². The fourth-order valence-corrected chi connectivity index (χ4v) is 4.36. The molecule has 0 fully saturated rings. The summed E-state index contributed by atoms with van der Waals surface area (Å²) in [5, 5.41) is 17.6. The fourth-order valence-electron chi connectivity index (χ4n) is 3.56. The van der Waals surface area contributed by atoms with Crippen LogP contribution in [0, 0.1) is 0 Å². The van der Waals surface area contributed by atoms with Crippen molar-refractivity contribution in [1.29, 1.82) is 0 Å². The van der Waals surface area contributed by atoms with Crippen LogP contribution in [-0.2, 0) is 6.42 Å². The highest BCUT2D eigenvalue weighted by Gasteiger charge is 2.15. The number of fused-ring (bicyclic) bond motifs is 3. The summed E-state index contributed by atoms with van der Waals surface area (Å²) in [6.07, 6.45) is 2.13. The minimum absolute atomic E-state index is 0.0832. The molecular formula is C22H22N2O2S. The van der Waals surface area contributed by atoms with Crippen molar-refractivity contribution in [2.75, 3.05) is 13.1 Å². The smallest absolute Gasteiger partial charge is 0.266 e. The average Bonchev–Trinajstić information content (AvgIpc) is 3.17. The molecule has 0 amide bonds. The van der Waals surface area contributed by atoms with Gasteiger partial charge in [-0.3, -0.25) is 4.79 Å². The number of phenols is 1. The van der Waals surface area contributed by atoms with Crippen molar-refractivity contribution in [3.8, 4) is 16.9 Å². The summed E-state index contributed by atoms with van der Waals surface area (Å²) in [5.41, 5.74) is 3.67. The zero-order valence-electron chi connectivity index (χ0n) is 15.2. The zero-order valence-corrected chi connectivity index (χ0v) is 16.0. The maximum atomic E-state index is 12.3. The first-order valence-corrected chi connectivity index (χ1v) is 10.1. The number of hydrogen-bond acceptors (Lipinski definition) is 4. The number of thiophene rings is 1. The summed E-state index contributed by atoms with van der Waals surface area (Å²) in [6.45, 7) is 4.13. The highest BCUT2D eigenvalue weighted by atomic mass is 32.1. The Labute approximate surface area is 161 Å².